The van der Waals surface area contributed by atoms with Gasteiger partial charge in [-0.15, -0.1) is 0 Å². The van der Waals surface area contributed by atoms with Crippen LogP contribution in [0.3, 0.4) is 0 Å². The van der Waals surface area contributed by atoms with Crippen LogP contribution in [0, 0.1) is 29.1 Å². The quantitative estimate of drug-likeness (QED) is 0.727. The molecule has 2 aromatic rings. The molecule has 0 saturated heterocycles. The molecule has 3 aliphatic rings. The Morgan fingerprint density at radius 3 is 2.76 bits per heavy atom. The fraction of sp³-hybridized carbons (Fsp3) is 0.652. The lowest BCUT2D eigenvalue weighted by Gasteiger charge is -2.53. The van der Waals surface area contributed by atoms with Gasteiger partial charge in [0.1, 0.15) is 0 Å². The van der Waals surface area contributed by atoms with Gasteiger partial charge in [0.25, 0.3) is 0 Å². The first kappa shape index (κ1) is 15.9. The highest BCUT2D eigenvalue weighted by Gasteiger charge is 2.58. The number of benzene rings is 1. The molecular formula is C23H31NO. The van der Waals surface area contributed by atoms with Gasteiger partial charge in [-0.1, -0.05) is 26.8 Å². The Bertz CT molecular complexity index is 836. The van der Waals surface area contributed by atoms with E-state index in [0.29, 0.717) is 23.7 Å². The van der Waals surface area contributed by atoms with Gasteiger partial charge in [0.05, 0.1) is 6.10 Å². The number of nitrogens with zero attached hydrogens (tertiary/aromatic N) is 1. The maximum Gasteiger partial charge on any atom is 0.0622 e. The van der Waals surface area contributed by atoms with E-state index in [-0.39, 0.29) is 11.5 Å². The molecule has 2 nitrogen and oxygen atoms in total. The minimum Gasteiger partial charge on any atom is -0.392 e. The summed E-state index contributed by atoms with van der Waals surface area (Å²) in [5.74, 6) is 3.25. The number of aliphatic hydroxyl groups excluding tert-OH is 1. The van der Waals surface area contributed by atoms with Crippen molar-refractivity contribution in [3.05, 3.63) is 35.5 Å². The van der Waals surface area contributed by atoms with Crippen molar-refractivity contribution in [2.75, 3.05) is 0 Å². The summed E-state index contributed by atoms with van der Waals surface area (Å²) in [7, 11) is 2.15. The van der Waals surface area contributed by atoms with Crippen molar-refractivity contribution in [3.8, 4) is 0 Å². The van der Waals surface area contributed by atoms with E-state index in [2.05, 4.69) is 56.8 Å². The van der Waals surface area contributed by atoms with Crippen LogP contribution in [0.5, 0.6) is 0 Å². The Kier molecular flexibility index (Phi) is 3.27. The van der Waals surface area contributed by atoms with E-state index in [1.54, 1.807) is 11.1 Å². The van der Waals surface area contributed by atoms with Crippen molar-refractivity contribution >= 4 is 10.9 Å². The van der Waals surface area contributed by atoms with E-state index in [9.17, 15) is 5.11 Å². The van der Waals surface area contributed by atoms with E-state index in [1.165, 1.54) is 36.6 Å². The van der Waals surface area contributed by atoms with Crippen molar-refractivity contribution in [2.45, 2.75) is 58.5 Å². The molecule has 1 aromatic heterocycles. The Balaban J connectivity index is 1.62. The fourth-order valence-electron chi connectivity index (χ4n) is 7.35. The van der Waals surface area contributed by atoms with Crippen molar-refractivity contribution in [1.82, 2.24) is 4.57 Å². The SMILES string of the molecule is CC1C[C@]2(C)C(O)C(C)CC2C2CCc3c(ccc4c3ccn4C)C12. The smallest absolute Gasteiger partial charge is 0.0622 e. The van der Waals surface area contributed by atoms with Crippen LogP contribution in [0.2, 0.25) is 0 Å². The number of hydrogen-bond donors (Lipinski definition) is 1. The van der Waals surface area contributed by atoms with Gasteiger partial charge < -0.3 is 9.67 Å². The van der Waals surface area contributed by atoms with Crippen LogP contribution in [-0.2, 0) is 13.5 Å². The largest absolute Gasteiger partial charge is 0.392 e. The first-order chi connectivity index (χ1) is 11.9. The molecule has 0 bridgehead atoms. The highest BCUT2D eigenvalue weighted by molar-refractivity contribution is 5.85. The van der Waals surface area contributed by atoms with Crippen LogP contribution in [0.4, 0.5) is 0 Å². The second kappa shape index (κ2) is 5.13. The molecule has 3 aliphatic carbocycles. The van der Waals surface area contributed by atoms with E-state index < -0.39 is 0 Å². The zero-order valence-electron chi connectivity index (χ0n) is 16.0. The highest BCUT2D eigenvalue weighted by atomic mass is 16.3. The third kappa shape index (κ3) is 1.95. The van der Waals surface area contributed by atoms with E-state index >= 15 is 0 Å². The van der Waals surface area contributed by atoms with E-state index in [4.69, 9.17) is 0 Å². The van der Waals surface area contributed by atoms with Gasteiger partial charge in [0.2, 0.25) is 0 Å². The summed E-state index contributed by atoms with van der Waals surface area (Å²) in [6.45, 7) is 7.09. The molecule has 5 rings (SSSR count). The third-order valence-corrected chi connectivity index (χ3v) is 8.34. The van der Waals surface area contributed by atoms with Crippen molar-refractivity contribution in [3.63, 3.8) is 0 Å². The summed E-state index contributed by atoms with van der Waals surface area (Å²) in [6, 6.07) is 7.08. The van der Waals surface area contributed by atoms with Crippen LogP contribution in [0.25, 0.3) is 10.9 Å². The van der Waals surface area contributed by atoms with E-state index in [1.807, 2.05) is 0 Å². The summed E-state index contributed by atoms with van der Waals surface area (Å²) < 4.78 is 2.25. The molecule has 134 valence electrons. The molecule has 7 atom stereocenters. The predicted octanol–water partition coefficient (Wildman–Crippen LogP) is 4.89. The van der Waals surface area contributed by atoms with Crippen LogP contribution in [0.1, 0.15) is 57.1 Å². The van der Waals surface area contributed by atoms with Gasteiger partial charge in [-0.25, -0.2) is 0 Å². The van der Waals surface area contributed by atoms with Crippen molar-refractivity contribution in [2.24, 2.45) is 36.1 Å². The van der Waals surface area contributed by atoms with Crippen LogP contribution in [-0.4, -0.2) is 15.8 Å². The molecule has 2 saturated carbocycles. The topological polar surface area (TPSA) is 25.2 Å². The molecule has 6 unspecified atom stereocenters. The lowest BCUT2D eigenvalue weighted by Crippen LogP contribution is -2.47. The second-order valence-corrected chi connectivity index (χ2v) is 9.67. The molecule has 25 heavy (non-hydrogen) atoms. The highest BCUT2D eigenvalue weighted by Crippen LogP contribution is 2.64. The lowest BCUT2D eigenvalue weighted by atomic mass is 9.52. The Hall–Kier alpha value is -1.28. The predicted molar refractivity (Wildman–Crippen MR) is 103 cm³/mol. The first-order valence-electron chi connectivity index (χ1n) is 10.2. The molecular weight excluding hydrogens is 306 g/mol. The maximum absolute atomic E-state index is 10.9. The number of fused-ring (bicyclic) bond motifs is 7. The number of aryl methyl sites for hydroxylation is 2. The van der Waals surface area contributed by atoms with E-state index in [0.717, 1.165) is 5.92 Å². The second-order valence-electron chi connectivity index (χ2n) is 9.67. The van der Waals surface area contributed by atoms with Gasteiger partial charge in [0.15, 0.2) is 0 Å². The van der Waals surface area contributed by atoms with Gasteiger partial charge in [-0.05, 0) is 83.9 Å². The molecule has 0 radical (unpaired) electrons. The summed E-state index contributed by atoms with van der Waals surface area (Å²) in [4.78, 5) is 0. The maximum atomic E-state index is 10.9. The van der Waals surface area contributed by atoms with Crippen LogP contribution < -0.4 is 0 Å². The normalized spacial score (nSPS) is 42.9. The lowest BCUT2D eigenvalue weighted by molar-refractivity contribution is -0.0505. The standard InChI is InChI=1S/C23H31NO/c1-13-11-19-18-6-5-15-16-9-10-24(4)20(16)8-7-17(15)21(18)14(2)12-23(19,3)22(13)25/h7-10,13-14,18-19,21-22,25H,5-6,11-12H2,1-4H3/t13?,14?,18?,19?,21?,22?,23-/m0/s1. The third-order valence-electron chi connectivity index (χ3n) is 8.34. The average molecular weight is 338 g/mol. The summed E-state index contributed by atoms with van der Waals surface area (Å²) in [6.07, 6.45) is 6.99. The minimum absolute atomic E-state index is 0.112. The number of rotatable bonds is 0. The molecule has 1 N–H and O–H groups in total. The minimum atomic E-state index is -0.112. The zero-order chi connectivity index (χ0) is 17.5. The molecule has 0 amide bonds. The Morgan fingerprint density at radius 2 is 1.96 bits per heavy atom. The number of hydrogen-bond acceptors (Lipinski definition) is 1. The summed E-state index contributed by atoms with van der Waals surface area (Å²) >= 11 is 0. The van der Waals surface area contributed by atoms with Gasteiger partial charge in [-0.2, -0.15) is 0 Å². The van der Waals surface area contributed by atoms with Crippen LogP contribution >= 0.6 is 0 Å². The van der Waals surface area contributed by atoms with Gasteiger partial charge >= 0.3 is 0 Å². The van der Waals surface area contributed by atoms with Gasteiger partial charge in [-0.3, -0.25) is 0 Å². The van der Waals surface area contributed by atoms with Crippen LogP contribution in [0.15, 0.2) is 24.4 Å². The van der Waals surface area contributed by atoms with Crippen molar-refractivity contribution < 1.29 is 5.11 Å². The van der Waals surface area contributed by atoms with Crippen molar-refractivity contribution in [1.29, 1.82) is 0 Å². The first-order valence-corrected chi connectivity index (χ1v) is 10.2. The molecule has 2 fully saturated rings. The fourth-order valence-corrected chi connectivity index (χ4v) is 7.35. The Labute approximate surface area is 151 Å². The summed E-state index contributed by atoms with van der Waals surface area (Å²) in [5, 5.41) is 12.4. The van der Waals surface area contributed by atoms with Gasteiger partial charge in [0, 0.05) is 24.1 Å². The molecule has 1 heterocycles. The molecule has 0 aliphatic heterocycles. The average Bonchev–Trinajstić information content (AvgIpc) is 3.07. The molecule has 1 aromatic carbocycles. The molecule has 0 spiro atoms. The monoisotopic (exact) mass is 337 g/mol. The summed E-state index contributed by atoms with van der Waals surface area (Å²) in [5.41, 5.74) is 4.74. The zero-order valence-corrected chi connectivity index (χ0v) is 16.0. The Morgan fingerprint density at radius 1 is 1.16 bits per heavy atom. The number of aromatic nitrogens is 1. The number of aliphatic hydroxyl groups is 1. The molecule has 2 heteroatoms.